The van der Waals surface area contributed by atoms with Crippen LogP contribution in [0.25, 0.3) is 0 Å². The van der Waals surface area contributed by atoms with Gasteiger partial charge in [-0.25, -0.2) is 4.98 Å². The molecule has 2 N–H and O–H groups in total. The zero-order valence-corrected chi connectivity index (χ0v) is 10.3. The molecule has 1 heterocycles. The summed E-state index contributed by atoms with van der Waals surface area (Å²) >= 11 is 0. The molecule has 0 bridgehead atoms. The number of nitrogens with zero attached hydrogens (tertiary/aromatic N) is 2. The van der Waals surface area contributed by atoms with Gasteiger partial charge in [-0.05, 0) is 19.3 Å². The molecule has 0 aliphatic heterocycles. The molecule has 1 aromatic heterocycles. The summed E-state index contributed by atoms with van der Waals surface area (Å²) in [6.07, 6.45) is 6.09. The van der Waals surface area contributed by atoms with Crippen LogP contribution in [0.4, 0.5) is 0 Å². The van der Waals surface area contributed by atoms with Crippen molar-refractivity contribution in [3.05, 3.63) is 18.2 Å². The van der Waals surface area contributed by atoms with Gasteiger partial charge in [0, 0.05) is 19.3 Å². The first-order chi connectivity index (χ1) is 8.56. The van der Waals surface area contributed by atoms with Crippen LogP contribution in [0.3, 0.4) is 0 Å². The van der Waals surface area contributed by atoms with Gasteiger partial charge in [-0.15, -0.1) is 0 Å². The van der Waals surface area contributed by atoms with Crippen molar-refractivity contribution in [1.82, 2.24) is 14.9 Å². The first-order valence-electron chi connectivity index (χ1n) is 6.08. The lowest BCUT2D eigenvalue weighted by molar-refractivity contribution is -0.143. The summed E-state index contributed by atoms with van der Waals surface area (Å²) in [7, 11) is 1.80. The van der Waals surface area contributed by atoms with Crippen molar-refractivity contribution in [2.75, 3.05) is 0 Å². The summed E-state index contributed by atoms with van der Waals surface area (Å²) in [5.74, 6) is -1.34. The quantitative estimate of drug-likeness (QED) is 0.832. The molecule has 0 saturated heterocycles. The summed E-state index contributed by atoms with van der Waals surface area (Å²) < 4.78 is 1.70. The fourth-order valence-electron chi connectivity index (χ4n) is 2.33. The van der Waals surface area contributed by atoms with E-state index in [0.717, 1.165) is 12.8 Å². The molecule has 1 aliphatic carbocycles. The second-order valence-electron chi connectivity index (χ2n) is 4.80. The van der Waals surface area contributed by atoms with Crippen molar-refractivity contribution >= 4 is 11.9 Å². The van der Waals surface area contributed by atoms with Gasteiger partial charge in [-0.3, -0.25) is 9.59 Å². The molecule has 6 heteroatoms. The van der Waals surface area contributed by atoms with E-state index in [9.17, 15) is 9.59 Å². The molecule has 2 rings (SSSR count). The van der Waals surface area contributed by atoms with Crippen molar-refractivity contribution in [1.29, 1.82) is 0 Å². The van der Waals surface area contributed by atoms with Crippen LogP contribution >= 0.6 is 0 Å². The molecule has 2 unspecified atom stereocenters. The molecule has 1 saturated carbocycles. The van der Waals surface area contributed by atoms with E-state index in [-0.39, 0.29) is 17.9 Å². The lowest BCUT2D eigenvalue weighted by atomic mass is 9.86. The average Bonchev–Trinajstić information content (AvgIpc) is 2.76. The number of amides is 1. The van der Waals surface area contributed by atoms with Gasteiger partial charge >= 0.3 is 5.97 Å². The predicted octanol–water partition coefficient (Wildman–Crippen LogP) is 0.793. The molecular weight excluding hydrogens is 234 g/mol. The number of carboxylic acids is 1. The van der Waals surface area contributed by atoms with E-state index < -0.39 is 5.97 Å². The van der Waals surface area contributed by atoms with Crippen LogP contribution in [-0.4, -0.2) is 32.6 Å². The van der Waals surface area contributed by atoms with Crippen molar-refractivity contribution in [3.8, 4) is 0 Å². The standard InChI is InChI=1S/C12H17N3O3/c1-15-6-10(13-7-15)11(16)14-9-4-2-3-8(5-9)12(17)18/h6-9H,2-5H2,1H3,(H,14,16)(H,17,18). The van der Waals surface area contributed by atoms with Gasteiger partial charge in [0.2, 0.25) is 0 Å². The summed E-state index contributed by atoms with van der Waals surface area (Å²) in [4.78, 5) is 26.8. The number of aryl methyl sites for hydroxylation is 1. The van der Waals surface area contributed by atoms with Crippen LogP contribution in [0.5, 0.6) is 0 Å². The van der Waals surface area contributed by atoms with E-state index in [1.807, 2.05) is 0 Å². The van der Waals surface area contributed by atoms with Crippen LogP contribution in [0.15, 0.2) is 12.5 Å². The molecule has 1 fully saturated rings. The van der Waals surface area contributed by atoms with E-state index in [1.165, 1.54) is 0 Å². The van der Waals surface area contributed by atoms with Gasteiger partial charge in [-0.2, -0.15) is 0 Å². The minimum absolute atomic E-state index is 0.0608. The van der Waals surface area contributed by atoms with Gasteiger partial charge in [0.25, 0.3) is 5.91 Å². The zero-order valence-electron chi connectivity index (χ0n) is 10.3. The highest BCUT2D eigenvalue weighted by molar-refractivity contribution is 5.92. The lowest BCUT2D eigenvalue weighted by Crippen LogP contribution is -2.40. The van der Waals surface area contributed by atoms with Crippen LogP contribution in [0.2, 0.25) is 0 Å². The minimum Gasteiger partial charge on any atom is -0.481 e. The van der Waals surface area contributed by atoms with E-state index in [2.05, 4.69) is 10.3 Å². The number of hydrogen-bond acceptors (Lipinski definition) is 3. The maximum atomic E-state index is 11.9. The lowest BCUT2D eigenvalue weighted by Gasteiger charge is -2.27. The Morgan fingerprint density at radius 2 is 2.28 bits per heavy atom. The van der Waals surface area contributed by atoms with E-state index in [0.29, 0.717) is 18.5 Å². The number of imidazole rings is 1. The third kappa shape index (κ3) is 2.88. The maximum Gasteiger partial charge on any atom is 0.306 e. The Morgan fingerprint density at radius 1 is 1.50 bits per heavy atom. The Morgan fingerprint density at radius 3 is 2.89 bits per heavy atom. The van der Waals surface area contributed by atoms with Crippen LogP contribution in [0.1, 0.15) is 36.2 Å². The Bertz CT molecular complexity index is 455. The Labute approximate surface area is 105 Å². The summed E-state index contributed by atoms with van der Waals surface area (Å²) in [5, 5.41) is 11.8. The SMILES string of the molecule is Cn1cnc(C(=O)NC2CCCC(C(=O)O)C2)c1. The molecule has 0 aromatic carbocycles. The van der Waals surface area contributed by atoms with Crippen molar-refractivity contribution in [3.63, 3.8) is 0 Å². The smallest absolute Gasteiger partial charge is 0.306 e. The third-order valence-corrected chi connectivity index (χ3v) is 3.30. The van der Waals surface area contributed by atoms with Gasteiger partial charge in [0.15, 0.2) is 0 Å². The normalized spacial score (nSPS) is 23.6. The molecule has 2 atom stereocenters. The van der Waals surface area contributed by atoms with Gasteiger partial charge in [0.1, 0.15) is 5.69 Å². The topological polar surface area (TPSA) is 84.2 Å². The number of carboxylic acid groups (broad SMARTS) is 1. The molecule has 1 amide bonds. The van der Waals surface area contributed by atoms with Gasteiger partial charge in [-0.1, -0.05) is 6.42 Å². The minimum atomic E-state index is -0.771. The Hall–Kier alpha value is -1.85. The number of nitrogens with one attached hydrogen (secondary N) is 1. The van der Waals surface area contributed by atoms with Crippen LogP contribution in [0, 0.1) is 5.92 Å². The fraction of sp³-hybridized carbons (Fsp3) is 0.583. The molecule has 1 aromatic rings. The number of aliphatic carboxylic acids is 1. The maximum absolute atomic E-state index is 11.9. The summed E-state index contributed by atoms with van der Waals surface area (Å²) in [6.45, 7) is 0. The van der Waals surface area contributed by atoms with Crippen LogP contribution < -0.4 is 5.32 Å². The zero-order chi connectivity index (χ0) is 13.1. The fourth-order valence-corrected chi connectivity index (χ4v) is 2.33. The number of rotatable bonds is 3. The second-order valence-corrected chi connectivity index (χ2v) is 4.80. The first kappa shape index (κ1) is 12.6. The van der Waals surface area contributed by atoms with Gasteiger partial charge in [0.05, 0.1) is 12.2 Å². The number of carbonyl (C=O) groups is 2. The average molecular weight is 251 g/mol. The first-order valence-corrected chi connectivity index (χ1v) is 6.08. The highest BCUT2D eigenvalue weighted by Gasteiger charge is 2.28. The molecular formula is C12H17N3O3. The Balaban J connectivity index is 1.93. The third-order valence-electron chi connectivity index (χ3n) is 3.30. The summed E-state index contributed by atoms with van der Waals surface area (Å²) in [5.41, 5.74) is 0.370. The second kappa shape index (κ2) is 5.20. The molecule has 98 valence electrons. The van der Waals surface area contributed by atoms with E-state index in [1.54, 1.807) is 24.1 Å². The highest BCUT2D eigenvalue weighted by Crippen LogP contribution is 2.24. The summed E-state index contributed by atoms with van der Waals surface area (Å²) in [6, 6.07) is -0.0608. The van der Waals surface area contributed by atoms with E-state index in [4.69, 9.17) is 5.11 Å². The highest BCUT2D eigenvalue weighted by atomic mass is 16.4. The number of carbonyl (C=O) groups excluding carboxylic acids is 1. The van der Waals surface area contributed by atoms with Crippen LogP contribution in [-0.2, 0) is 11.8 Å². The monoisotopic (exact) mass is 251 g/mol. The van der Waals surface area contributed by atoms with E-state index >= 15 is 0 Å². The molecule has 0 radical (unpaired) electrons. The Kier molecular flexibility index (Phi) is 3.64. The molecule has 1 aliphatic rings. The van der Waals surface area contributed by atoms with Gasteiger partial charge < -0.3 is 15.0 Å². The van der Waals surface area contributed by atoms with Crippen molar-refractivity contribution in [2.24, 2.45) is 13.0 Å². The molecule has 18 heavy (non-hydrogen) atoms. The molecule has 0 spiro atoms. The number of hydrogen-bond donors (Lipinski definition) is 2. The van der Waals surface area contributed by atoms with Crippen molar-refractivity contribution < 1.29 is 14.7 Å². The van der Waals surface area contributed by atoms with Crippen molar-refractivity contribution in [2.45, 2.75) is 31.7 Å². The largest absolute Gasteiger partial charge is 0.481 e. The number of aromatic nitrogens is 2. The molecule has 6 nitrogen and oxygen atoms in total. The predicted molar refractivity (Wildman–Crippen MR) is 64.1 cm³/mol.